The Kier molecular flexibility index (Phi) is 2.54. The molecule has 0 aliphatic rings. The zero-order valence-electron chi connectivity index (χ0n) is 6.88. The molecular weight excluding hydrogens is 156 g/mol. The maximum absolute atomic E-state index is 10.6. The number of methoxy groups -OCH3 is 1. The summed E-state index contributed by atoms with van der Waals surface area (Å²) in [6.45, 7) is 1.81. The van der Waals surface area contributed by atoms with E-state index in [4.69, 9.17) is 4.42 Å². The van der Waals surface area contributed by atoms with Gasteiger partial charge in [0.05, 0.1) is 12.7 Å². The molecule has 0 saturated heterocycles. The molecule has 0 amide bonds. The Morgan fingerprint density at radius 1 is 1.67 bits per heavy atom. The molecule has 0 saturated carbocycles. The van der Waals surface area contributed by atoms with E-state index in [0.717, 1.165) is 5.76 Å². The number of carbonyl (C=O) groups excluding carboxylic acids is 1. The lowest BCUT2D eigenvalue weighted by Gasteiger charge is -1.82. The van der Waals surface area contributed by atoms with Gasteiger partial charge in [-0.25, -0.2) is 4.79 Å². The van der Waals surface area contributed by atoms with Gasteiger partial charge in [0.15, 0.2) is 0 Å². The molecule has 1 aromatic heterocycles. The highest BCUT2D eigenvalue weighted by Gasteiger charge is 1.93. The van der Waals surface area contributed by atoms with Crippen LogP contribution in [0.1, 0.15) is 11.3 Å². The third kappa shape index (κ3) is 2.17. The van der Waals surface area contributed by atoms with E-state index < -0.39 is 5.97 Å². The molecule has 0 unspecified atom stereocenters. The number of hydrogen-bond acceptors (Lipinski definition) is 3. The first-order chi connectivity index (χ1) is 5.72. The van der Waals surface area contributed by atoms with Gasteiger partial charge in [-0.1, -0.05) is 5.92 Å². The first-order valence-corrected chi connectivity index (χ1v) is 3.37. The number of rotatable bonds is 0. The summed E-state index contributed by atoms with van der Waals surface area (Å²) in [6, 6.07) is 1.75. The zero-order valence-corrected chi connectivity index (χ0v) is 6.88. The van der Waals surface area contributed by atoms with Gasteiger partial charge in [0.1, 0.15) is 12.0 Å². The zero-order chi connectivity index (χ0) is 8.97. The number of aryl methyl sites for hydroxylation is 1. The minimum atomic E-state index is -0.547. The molecule has 0 aliphatic heterocycles. The van der Waals surface area contributed by atoms with Crippen LogP contribution in [0.3, 0.4) is 0 Å². The number of furan rings is 1. The van der Waals surface area contributed by atoms with E-state index in [0.29, 0.717) is 5.56 Å². The van der Waals surface area contributed by atoms with E-state index in [-0.39, 0.29) is 0 Å². The third-order valence-electron chi connectivity index (χ3n) is 1.22. The highest BCUT2D eigenvalue weighted by Crippen LogP contribution is 2.03. The van der Waals surface area contributed by atoms with Crippen molar-refractivity contribution in [3.05, 3.63) is 23.7 Å². The van der Waals surface area contributed by atoms with E-state index in [1.165, 1.54) is 13.4 Å². The van der Waals surface area contributed by atoms with Crippen molar-refractivity contribution in [2.45, 2.75) is 6.92 Å². The van der Waals surface area contributed by atoms with Crippen molar-refractivity contribution in [1.82, 2.24) is 0 Å². The Hall–Kier alpha value is -1.69. The molecular formula is C9H8O3. The van der Waals surface area contributed by atoms with Crippen LogP contribution in [0.5, 0.6) is 0 Å². The molecule has 3 nitrogen and oxygen atoms in total. The minimum absolute atomic E-state index is 0.547. The van der Waals surface area contributed by atoms with Gasteiger partial charge in [0, 0.05) is 5.92 Å². The van der Waals surface area contributed by atoms with E-state index in [1.54, 1.807) is 6.07 Å². The first-order valence-electron chi connectivity index (χ1n) is 3.37. The summed E-state index contributed by atoms with van der Waals surface area (Å²) in [4.78, 5) is 10.6. The molecule has 1 aromatic rings. The molecule has 62 valence electrons. The highest BCUT2D eigenvalue weighted by atomic mass is 16.5. The van der Waals surface area contributed by atoms with Gasteiger partial charge in [-0.3, -0.25) is 0 Å². The van der Waals surface area contributed by atoms with Crippen LogP contribution in [0.2, 0.25) is 0 Å². The molecule has 1 rings (SSSR count). The summed E-state index contributed by atoms with van der Waals surface area (Å²) in [5, 5.41) is 0. The summed E-state index contributed by atoms with van der Waals surface area (Å²) in [5.74, 6) is 5.11. The van der Waals surface area contributed by atoms with E-state index in [2.05, 4.69) is 16.6 Å². The van der Waals surface area contributed by atoms with Gasteiger partial charge >= 0.3 is 5.97 Å². The maximum Gasteiger partial charge on any atom is 0.384 e. The number of esters is 1. The van der Waals surface area contributed by atoms with E-state index in [1.807, 2.05) is 6.92 Å². The fourth-order valence-corrected chi connectivity index (χ4v) is 0.683. The summed E-state index contributed by atoms with van der Waals surface area (Å²) >= 11 is 0. The van der Waals surface area contributed by atoms with Gasteiger partial charge in [-0.05, 0) is 13.0 Å². The van der Waals surface area contributed by atoms with Crippen molar-refractivity contribution >= 4 is 5.97 Å². The smallest absolute Gasteiger partial charge is 0.384 e. The Balaban J connectivity index is 2.73. The molecule has 0 aliphatic carbocycles. The predicted molar refractivity (Wildman–Crippen MR) is 42.3 cm³/mol. The molecule has 0 spiro atoms. The summed E-state index contributed by atoms with van der Waals surface area (Å²) in [5.41, 5.74) is 0.679. The molecule has 0 bridgehead atoms. The standard InChI is InChI=1S/C9H8O3/c1-7-5-8(6-12-7)3-4-9(10)11-2/h5-6H,1-2H3. The molecule has 12 heavy (non-hydrogen) atoms. The monoisotopic (exact) mass is 164 g/mol. The van der Waals surface area contributed by atoms with Crippen molar-refractivity contribution in [1.29, 1.82) is 0 Å². The van der Waals surface area contributed by atoms with Gasteiger partial charge < -0.3 is 9.15 Å². The van der Waals surface area contributed by atoms with Crippen LogP contribution in [-0.4, -0.2) is 13.1 Å². The van der Waals surface area contributed by atoms with Crippen LogP contribution in [-0.2, 0) is 9.53 Å². The fraction of sp³-hybridized carbons (Fsp3) is 0.222. The van der Waals surface area contributed by atoms with Crippen LogP contribution in [0.25, 0.3) is 0 Å². The van der Waals surface area contributed by atoms with Crippen LogP contribution in [0.15, 0.2) is 16.7 Å². The second kappa shape index (κ2) is 3.63. The average Bonchev–Trinajstić information content (AvgIpc) is 2.47. The lowest BCUT2D eigenvalue weighted by atomic mass is 10.3. The van der Waals surface area contributed by atoms with Gasteiger partial charge in [-0.15, -0.1) is 0 Å². The van der Waals surface area contributed by atoms with E-state index in [9.17, 15) is 4.79 Å². The molecule has 1 heterocycles. The molecule has 0 fully saturated rings. The quantitative estimate of drug-likeness (QED) is 0.426. The Morgan fingerprint density at radius 2 is 2.42 bits per heavy atom. The molecule has 0 aromatic carbocycles. The van der Waals surface area contributed by atoms with Crippen molar-refractivity contribution in [3.63, 3.8) is 0 Å². The van der Waals surface area contributed by atoms with Gasteiger partial charge in [0.2, 0.25) is 0 Å². The Morgan fingerprint density at radius 3 is 2.92 bits per heavy atom. The molecule has 0 N–H and O–H groups in total. The first kappa shape index (κ1) is 8.41. The maximum atomic E-state index is 10.6. The van der Waals surface area contributed by atoms with Crippen molar-refractivity contribution < 1.29 is 13.9 Å². The topological polar surface area (TPSA) is 39.4 Å². The second-order valence-electron chi connectivity index (χ2n) is 2.19. The van der Waals surface area contributed by atoms with Gasteiger partial charge in [0.25, 0.3) is 0 Å². The molecule has 0 radical (unpaired) electrons. The van der Waals surface area contributed by atoms with Crippen molar-refractivity contribution in [2.75, 3.05) is 7.11 Å². The number of hydrogen-bond donors (Lipinski definition) is 0. The summed E-state index contributed by atoms with van der Waals surface area (Å²) in [6.07, 6.45) is 1.49. The average molecular weight is 164 g/mol. The lowest BCUT2D eigenvalue weighted by molar-refractivity contribution is -0.133. The van der Waals surface area contributed by atoms with Crippen LogP contribution in [0.4, 0.5) is 0 Å². The molecule has 0 atom stereocenters. The largest absolute Gasteiger partial charge is 0.468 e. The Bertz CT molecular complexity index is 338. The summed E-state index contributed by atoms with van der Waals surface area (Å²) in [7, 11) is 1.29. The van der Waals surface area contributed by atoms with Crippen molar-refractivity contribution in [2.24, 2.45) is 0 Å². The lowest BCUT2D eigenvalue weighted by Crippen LogP contribution is -1.94. The summed E-state index contributed by atoms with van der Waals surface area (Å²) < 4.78 is 9.31. The second-order valence-corrected chi connectivity index (χ2v) is 2.19. The SMILES string of the molecule is COC(=O)C#Cc1coc(C)c1. The number of ether oxygens (including phenoxy) is 1. The predicted octanol–water partition coefficient (Wildman–Crippen LogP) is 1.11. The van der Waals surface area contributed by atoms with E-state index >= 15 is 0 Å². The van der Waals surface area contributed by atoms with Gasteiger partial charge in [-0.2, -0.15) is 0 Å². The fourth-order valence-electron chi connectivity index (χ4n) is 0.683. The highest BCUT2D eigenvalue weighted by molar-refractivity contribution is 5.88. The van der Waals surface area contributed by atoms with Crippen LogP contribution in [0, 0.1) is 18.8 Å². The third-order valence-corrected chi connectivity index (χ3v) is 1.22. The normalized spacial score (nSPS) is 8.50. The molecule has 3 heteroatoms. The minimum Gasteiger partial charge on any atom is -0.468 e. The Labute approximate surface area is 70.3 Å². The number of carbonyl (C=O) groups is 1. The van der Waals surface area contributed by atoms with Crippen LogP contribution >= 0.6 is 0 Å². The van der Waals surface area contributed by atoms with Crippen molar-refractivity contribution in [3.8, 4) is 11.8 Å². The van der Waals surface area contributed by atoms with Crippen LogP contribution < -0.4 is 0 Å².